The Labute approximate surface area is 126 Å². The molecule has 1 aromatic carbocycles. The molecule has 3 nitrogen and oxygen atoms in total. The first-order valence-corrected chi connectivity index (χ1v) is 9.36. The van der Waals surface area contributed by atoms with Gasteiger partial charge in [0.2, 0.25) is 0 Å². The van der Waals surface area contributed by atoms with Crippen LogP contribution < -0.4 is 5.32 Å². The summed E-state index contributed by atoms with van der Waals surface area (Å²) in [6.07, 6.45) is 1.44. The summed E-state index contributed by atoms with van der Waals surface area (Å²) in [5.41, 5.74) is 0.940. The van der Waals surface area contributed by atoms with E-state index in [-0.39, 0.29) is 23.4 Å². The minimum absolute atomic E-state index is 0.171. The molecule has 1 aliphatic heterocycles. The molecule has 1 aromatic rings. The molecule has 118 valence electrons. The van der Waals surface area contributed by atoms with Crippen LogP contribution in [-0.4, -0.2) is 32.5 Å². The molecule has 0 amide bonds. The zero-order chi connectivity index (χ0) is 15.5. The highest BCUT2D eigenvalue weighted by molar-refractivity contribution is 7.91. The van der Waals surface area contributed by atoms with Crippen molar-refractivity contribution in [2.75, 3.05) is 18.1 Å². The third-order valence-corrected chi connectivity index (χ3v) is 5.90. The van der Waals surface area contributed by atoms with E-state index in [0.29, 0.717) is 11.8 Å². The summed E-state index contributed by atoms with van der Waals surface area (Å²) in [5, 5.41) is 3.40. The molecule has 0 aliphatic carbocycles. The van der Waals surface area contributed by atoms with Crippen molar-refractivity contribution in [1.29, 1.82) is 0 Å². The highest BCUT2D eigenvalue weighted by Crippen LogP contribution is 2.28. The second kappa shape index (κ2) is 6.88. The Morgan fingerprint density at radius 3 is 2.71 bits per heavy atom. The topological polar surface area (TPSA) is 46.2 Å². The lowest BCUT2D eigenvalue weighted by Gasteiger charge is -2.24. The van der Waals surface area contributed by atoms with Gasteiger partial charge in [-0.25, -0.2) is 12.8 Å². The van der Waals surface area contributed by atoms with Crippen molar-refractivity contribution in [1.82, 2.24) is 5.32 Å². The van der Waals surface area contributed by atoms with E-state index in [1.807, 2.05) is 6.07 Å². The quantitative estimate of drug-likeness (QED) is 0.877. The first-order chi connectivity index (χ1) is 9.85. The fraction of sp³-hybridized carbons (Fsp3) is 0.625. The van der Waals surface area contributed by atoms with Gasteiger partial charge in [0.1, 0.15) is 5.82 Å². The molecule has 1 aliphatic rings. The van der Waals surface area contributed by atoms with Gasteiger partial charge in [0, 0.05) is 6.04 Å². The van der Waals surface area contributed by atoms with Crippen LogP contribution in [0.3, 0.4) is 0 Å². The summed E-state index contributed by atoms with van der Waals surface area (Å²) in [6.45, 7) is 4.92. The normalized spacial score (nSPS) is 22.6. The molecule has 0 bridgehead atoms. The van der Waals surface area contributed by atoms with E-state index in [4.69, 9.17) is 0 Å². The first kappa shape index (κ1) is 16.4. The molecule has 0 radical (unpaired) electrons. The van der Waals surface area contributed by atoms with Crippen molar-refractivity contribution in [3.8, 4) is 0 Å². The van der Waals surface area contributed by atoms with Gasteiger partial charge in [-0.15, -0.1) is 0 Å². The zero-order valence-electron chi connectivity index (χ0n) is 12.7. The number of benzene rings is 1. The minimum Gasteiger partial charge on any atom is -0.314 e. The Hall–Kier alpha value is -0.940. The van der Waals surface area contributed by atoms with Crippen molar-refractivity contribution >= 4 is 9.84 Å². The molecular weight excluding hydrogens is 289 g/mol. The van der Waals surface area contributed by atoms with E-state index < -0.39 is 9.84 Å². The molecule has 2 unspecified atom stereocenters. The van der Waals surface area contributed by atoms with E-state index in [0.717, 1.165) is 24.9 Å². The molecule has 1 saturated heterocycles. The number of rotatable bonds is 6. The average Bonchev–Trinajstić information content (AvgIpc) is 2.74. The van der Waals surface area contributed by atoms with Crippen LogP contribution in [-0.2, 0) is 16.3 Å². The number of halogens is 1. The lowest BCUT2D eigenvalue weighted by atomic mass is 9.86. The van der Waals surface area contributed by atoms with Crippen molar-refractivity contribution in [3.63, 3.8) is 0 Å². The van der Waals surface area contributed by atoms with Crippen molar-refractivity contribution in [3.05, 3.63) is 35.6 Å². The van der Waals surface area contributed by atoms with Gasteiger partial charge in [-0.3, -0.25) is 0 Å². The van der Waals surface area contributed by atoms with Crippen LogP contribution in [0.5, 0.6) is 0 Å². The molecule has 21 heavy (non-hydrogen) atoms. The lowest BCUT2D eigenvalue weighted by Crippen LogP contribution is -2.34. The van der Waals surface area contributed by atoms with E-state index >= 15 is 0 Å². The predicted octanol–water partition coefficient (Wildman–Crippen LogP) is 2.42. The molecule has 0 aromatic heterocycles. The van der Waals surface area contributed by atoms with Crippen molar-refractivity contribution in [2.45, 2.75) is 32.7 Å². The molecule has 0 spiro atoms. The summed E-state index contributed by atoms with van der Waals surface area (Å²) < 4.78 is 36.7. The van der Waals surface area contributed by atoms with E-state index in [9.17, 15) is 12.8 Å². The van der Waals surface area contributed by atoms with Crippen molar-refractivity contribution < 1.29 is 12.8 Å². The second-order valence-electron chi connectivity index (χ2n) is 6.32. The van der Waals surface area contributed by atoms with Gasteiger partial charge in [0.25, 0.3) is 0 Å². The summed E-state index contributed by atoms with van der Waals surface area (Å²) in [6, 6.07) is 6.97. The molecule has 1 fully saturated rings. The van der Waals surface area contributed by atoms with Gasteiger partial charge in [-0.2, -0.15) is 0 Å². The zero-order valence-corrected chi connectivity index (χ0v) is 13.5. The van der Waals surface area contributed by atoms with Crippen LogP contribution in [0.25, 0.3) is 0 Å². The monoisotopic (exact) mass is 313 g/mol. The average molecular weight is 313 g/mol. The van der Waals surface area contributed by atoms with Gasteiger partial charge >= 0.3 is 0 Å². The van der Waals surface area contributed by atoms with Crippen LogP contribution in [0.15, 0.2) is 24.3 Å². The Morgan fingerprint density at radius 1 is 1.38 bits per heavy atom. The molecule has 5 heteroatoms. The molecule has 2 rings (SSSR count). The van der Waals surface area contributed by atoms with Gasteiger partial charge < -0.3 is 5.32 Å². The highest BCUT2D eigenvalue weighted by atomic mass is 32.2. The van der Waals surface area contributed by atoms with Crippen LogP contribution in [0.4, 0.5) is 4.39 Å². The first-order valence-electron chi connectivity index (χ1n) is 7.54. The number of nitrogens with one attached hydrogen (secondary N) is 1. The third-order valence-electron chi connectivity index (χ3n) is 4.11. The maximum atomic E-state index is 13.3. The van der Waals surface area contributed by atoms with Crippen LogP contribution >= 0.6 is 0 Å². The SMILES string of the molecule is CC(C)NCC(Cc1cccc(F)c1)C1CCS(=O)(=O)C1. The molecule has 0 saturated carbocycles. The van der Waals surface area contributed by atoms with E-state index in [1.165, 1.54) is 6.07 Å². The predicted molar refractivity (Wildman–Crippen MR) is 83.5 cm³/mol. The summed E-state index contributed by atoms with van der Waals surface area (Å²) >= 11 is 0. The fourth-order valence-electron chi connectivity index (χ4n) is 2.95. The minimum atomic E-state index is -2.88. The fourth-order valence-corrected chi connectivity index (χ4v) is 4.87. The molecule has 1 heterocycles. The Bertz CT molecular complexity index is 571. The van der Waals surface area contributed by atoms with Gasteiger partial charge in [-0.1, -0.05) is 26.0 Å². The second-order valence-corrected chi connectivity index (χ2v) is 8.55. The molecule has 2 atom stereocenters. The Kier molecular flexibility index (Phi) is 5.38. The van der Waals surface area contributed by atoms with Crippen LogP contribution in [0.1, 0.15) is 25.8 Å². The number of sulfone groups is 1. The smallest absolute Gasteiger partial charge is 0.150 e. The summed E-state index contributed by atoms with van der Waals surface area (Å²) in [5.74, 6) is 0.726. The highest BCUT2D eigenvalue weighted by Gasteiger charge is 2.33. The Balaban J connectivity index is 2.08. The van der Waals surface area contributed by atoms with Crippen molar-refractivity contribution in [2.24, 2.45) is 11.8 Å². The van der Waals surface area contributed by atoms with Gasteiger partial charge in [0.15, 0.2) is 9.84 Å². The number of hydrogen-bond donors (Lipinski definition) is 1. The third kappa shape index (κ3) is 5.08. The molecular formula is C16H24FNO2S. The van der Waals surface area contributed by atoms with Crippen LogP contribution in [0, 0.1) is 17.7 Å². The number of hydrogen-bond acceptors (Lipinski definition) is 3. The van der Waals surface area contributed by atoms with E-state index in [1.54, 1.807) is 12.1 Å². The lowest BCUT2D eigenvalue weighted by molar-refractivity contribution is 0.333. The van der Waals surface area contributed by atoms with Gasteiger partial charge in [-0.05, 0) is 48.9 Å². The standard InChI is InChI=1S/C16H24FNO2S/c1-12(2)18-10-15(14-6-7-21(19,20)11-14)8-13-4-3-5-16(17)9-13/h3-5,9,12,14-15,18H,6-8,10-11H2,1-2H3. The maximum Gasteiger partial charge on any atom is 0.150 e. The maximum absolute atomic E-state index is 13.3. The Morgan fingerprint density at radius 2 is 2.14 bits per heavy atom. The van der Waals surface area contributed by atoms with E-state index in [2.05, 4.69) is 19.2 Å². The summed E-state index contributed by atoms with van der Waals surface area (Å²) in [4.78, 5) is 0. The van der Waals surface area contributed by atoms with Gasteiger partial charge in [0.05, 0.1) is 11.5 Å². The largest absolute Gasteiger partial charge is 0.314 e. The van der Waals surface area contributed by atoms with Crippen LogP contribution in [0.2, 0.25) is 0 Å². The summed E-state index contributed by atoms with van der Waals surface area (Å²) in [7, 11) is -2.88. The molecule has 1 N–H and O–H groups in total.